The zero-order valence-corrected chi connectivity index (χ0v) is 13.6. The van der Waals surface area contributed by atoms with Gasteiger partial charge in [-0.15, -0.1) is 0 Å². The lowest BCUT2D eigenvalue weighted by Gasteiger charge is -2.41. The number of hydrogen-bond donors (Lipinski definition) is 1. The molecule has 1 aliphatic heterocycles. The highest BCUT2D eigenvalue weighted by Crippen LogP contribution is 2.38. The second-order valence-electron chi connectivity index (χ2n) is 6.51. The Labute approximate surface area is 128 Å². The molecule has 0 radical (unpaired) electrons. The van der Waals surface area contributed by atoms with E-state index in [1.165, 1.54) is 16.7 Å². The number of aliphatic carboxylic acids is 1. The zero-order valence-electron chi connectivity index (χ0n) is 13.6. The maximum atomic E-state index is 11.5. The predicted molar refractivity (Wildman–Crippen MR) is 85.5 cm³/mol. The van der Waals surface area contributed by atoms with E-state index < -0.39 is 11.4 Å². The summed E-state index contributed by atoms with van der Waals surface area (Å²) in [6, 6.07) is 6.94. The Kier molecular flexibility index (Phi) is 4.72. The molecule has 1 saturated heterocycles. The summed E-state index contributed by atoms with van der Waals surface area (Å²) in [6.07, 6.45) is 2.25. The van der Waals surface area contributed by atoms with Crippen molar-refractivity contribution in [3.63, 3.8) is 0 Å². The van der Waals surface area contributed by atoms with Gasteiger partial charge in [-0.2, -0.15) is 0 Å². The number of benzene rings is 1. The van der Waals surface area contributed by atoms with Gasteiger partial charge in [0.1, 0.15) is 0 Å². The van der Waals surface area contributed by atoms with Gasteiger partial charge in [-0.3, -0.25) is 9.69 Å². The molecule has 0 aromatic heterocycles. The molecule has 0 spiro atoms. The van der Waals surface area contributed by atoms with Crippen molar-refractivity contribution in [3.05, 3.63) is 34.9 Å². The molecule has 1 aromatic rings. The zero-order chi connectivity index (χ0) is 15.6. The number of carbonyl (C=O) groups is 1. The average molecular weight is 289 g/mol. The Morgan fingerprint density at radius 1 is 1.33 bits per heavy atom. The smallest absolute Gasteiger partial charge is 0.309 e. The molecule has 1 aromatic carbocycles. The van der Waals surface area contributed by atoms with Crippen LogP contribution in [0.1, 0.15) is 55.8 Å². The van der Waals surface area contributed by atoms with E-state index in [9.17, 15) is 9.90 Å². The van der Waals surface area contributed by atoms with E-state index in [4.69, 9.17) is 0 Å². The van der Waals surface area contributed by atoms with Crippen LogP contribution in [0.2, 0.25) is 0 Å². The summed E-state index contributed by atoms with van der Waals surface area (Å²) in [4.78, 5) is 14.0. The monoisotopic (exact) mass is 289 g/mol. The number of likely N-dealkylation sites (tertiary alicyclic amines) is 1. The molecule has 3 nitrogen and oxygen atoms in total. The maximum Gasteiger partial charge on any atom is 0.309 e. The molecular weight excluding hydrogens is 262 g/mol. The Morgan fingerprint density at radius 2 is 1.95 bits per heavy atom. The largest absolute Gasteiger partial charge is 0.481 e. The minimum Gasteiger partial charge on any atom is -0.481 e. The molecule has 1 N–H and O–H groups in total. The summed E-state index contributed by atoms with van der Waals surface area (Å²) >= 11 is 0. The SMILES string of the molecule is CCC1(C(=O)O)CCN(C(C)c2cc(C)ccc2C)CC1. The Bertz CT molecular complexity index is 516. The van der Waals surface area contributed by atoms with E-state index in [1.807, 2.05) is 6.92 Å². The van der Waals surface area contributed by atoms with Crippen LogP contribution in [-0.2, 0) is 4.79 Å². The lowest BCUT2D eigenvalue weighted by molar-refractivity contribution is -0.152. The van der Waals surface area contributed by atoms with Gasteiger partial charge in [0, 0.05) is 6.04 Å². The minimum atomic E-state index is -0.621. The Morgan fingerprint density at radius 3 is 2.48 bits per heavy atom. The van der Waals surface area contributed by atoms with E-state index in [1.54, 1.807) is 0 Å². The molecular formula is C18H27NO2. The van der Waals surface area contributed by atoms with Gasteiger partial charge in [0.2, 0.25) is 0 Å². The average Bonchev–Trinajstić information content (AvgIpc) is 2.49. The lowest BCUT2D eigenvalue weighted by atomic mass is 9.76. The van der Waals surface area contributed by atoms with Crippen molar-refractivity contribution >= 4 is 5.97 Å². The van der Waals surface area contributed by atoms with Gasteiger partial charge in [-0.25, -0.2) is 0 Å². The van der Waals surface area contributed by atoms with Crippen LogP contribution in [0.4, 0.5) is 0 Å². The van der Waals surface area contributed by atoms with Crippen LogP contribution in [0, 0.1) is 19.3 Å². The summed E-state index contributed by atoms with van der Waals surface area (Å²) in [5.41, 5.74) is 3.47. The summed E-state index contributed by atoms with van der Waals surface area (Å²) in [5.74, 6) is -0.621. The fraction of sp³-hybridized carbons (Fsp3) is 0.611. The van der Waals surface area contributed by atoms with Crippen molar-refractivity contribution in [3.8, 4) is 0 Å². The summed E-state index contributed by atoms with van der Waals surface area (Å²) in [6.45, 7) is 10.3. The Balaban J connectivity index is 2.11. The van der Waals surface area contributed by atoms with Gasteiger partial charge in [0.05, 0.1) is 5.41 Å². The number of carboxylic acids is 1. The molecule has 116 valence electrons. The highest BCUT2D eigenvalue weighted by Gasteiger charge is 2.40. The number of aryl methyl sites for hydroxylation is 2. The van der Waals surface area contributed by atoms with Gasteiger partial charge in [-0.05, 0) is 64.3 Å². The fourth-order valence-electron chi connectivity index (χ4n) is 3.46. The molecule has 0 bridgehead atoms. The molecule has 1 heterocycles. The topological polar surface area (TPSA) is 40.5 Å². The van der Waals surface area contributed by atoms with Gasteiger partial charge in [-0.1, -0.05) is 30.7 Å². The molecule has 1 unspecified atom stereocenters. The quantitative estimate of drug-likeness (QED) is 0.912. The number of nitrogens with zero attached hydrogens (tertiary/aromatic N) is 1. The van der Waals surface area contributed by atoms with Gasteiger partial charge >= 0.3 is 5.97 Å². The van der Waals surface area contributed by atoms with Gasteiger partial charge in [0.15, 0.2) is 0 Å². The van der Waals surface area contributed by atoms with Crippen molar-refractivity contribution in [2.75, 3.05) is 13.1 Å². The molecule has 21 heavy (non-hydrogen) atoms. The first kappa shape index (κ1) is 16.0. The molecule has 0 amide bonds. The molecule has 2 rings (SSSR count). The standard InChI is InChI=1S/C18H27NO2/c1-5-18(17(20)21)8-10-19(11-9-18)15(4)16-12-13(2)6-7-14(16)3/h6-7,12,15H,5,8-11H2,1-4H3,(H,20,21). The maximum absolute atomic E-state index is 11.5. The second-order valence-corrected chi connectivity index (χ2v) is 6.51. The molecule has 1 fully saturated rings. The van der Waals surface area contributed by atoms with E-state index in [0.717, 1.165) is 32.4 Å². The molecule has 1 aliphatic rings. The van der Waals surface area contributed by atoms with Crippen LogP contribution in [-0.4, -0.2) is 29.1 Å². The number of piperidine rings is 1. The first-order chi connectivity index (χ1) is 9.89. The first-order valence-electron chi connectivity index (χ1n) is 7.94. The molecule has 0 aliphatic carbocycles. The van der Waals surface area contributed by atoms with Crippen LogP contribution in [0.5, 0.6) is 0 Å². The fourth-order valence-corrected chi connectivity index (χ4v) is 3.46. The molecule has 1 atom stereocenters. The van der Waals surface area contributed by atoms with Crippen molar-refractivity contribution in [1.29, 1.82) is 0 Å². The third-order valence-corrected chi connectivity index (χ3v) is 5.32. The van der Waals surface area contributed by atoms with Crippen molar-refractivity contribution in [1.82, 2.24) is 4.90 Å². The normalized spacial score (nSPS) is 20.2. The predicted octanol–water partition coefficient (Wildman–Crippen LogP) is 3.94. The van der Waals surface area contributed by atoms with Crippen LogP contribution < -0.4 is 0 Å². The van der Waals surface area contributed by atoms with Gasteiger partial charge < -0.3 is 5.11 Å². The van der Waals surface area contributed by atoms with Gasteiger partial charge in [0.25, 0.3) is 0 Å². The summed E-state index contributed by atoms with van der Waals surface area (Å²) in [5, 5.41) is 9.49. The Hall–Kier alpha value is -1.35. The lowest BCUT2D eigenvalue weighted by Crippen LogP contribution is -2.44. The molecule has 3 heteroatoms. The van der Waals surface area contributed by atoms with Crippen LogP contribution >= 0.6 is 0 Å². The van der Waals surface area contributed by atoms with E-state index in [-0.39, 0.29) is 0 Å². The number of carboxylic acid groups (broad SMARTS) is 1. The van der Waals surface area contributed by atoms with E-state index in [0.29, 0.717) is 6.04 Å². The molecule has 0 saturated carbocycles. The summed E-state index contributed by atoms with van der Waals surface area (Å²) in [7, 11) is 0. The van der Waals surface area contributed by atoms with Crippen LogP contribution in [0.15, 0.2) is 18.2 Å². The number of hydrogen-bond acceptors (Lipinski definition) is 2. The van der Waals surface area contributed by atoms with E-state index in [2.05, 4.69) is 43.9 Å². The van der Waals surface area contributed by atoms with Crippen LogP contribution in [0.25, 0.3) is 0 Å². The third kappa shape index (κ3) is 3.13. The minimum absolute atomic E-state index is 0.355. The van der Waals surface area contributed by atoms with Crippen molar-refractivity contribution < 1.29 is 9.90 Å². The van der Waals surface area contributed by atoms with Crippen molar-refractivity contribution in [2.24, 2.45) is 5.41 Å². The second kappa shape index (κ2) is 6.18. The first-order valence-corrected chi connectivity index (χ1v) is 7.94. The number of rotatable bonds is 4. The summed E-state index contributed by atoms with van der Waals surface area (Å²) < 4.78 is 0. The van der Waals surface area contributed by atoms with Crippen molar-refractivity contribution in [2.45, 2.75) is 53.0 Å². The van der Waals surface area contributed by atoms with Crippen LogP contribution in [0.3, 0.4) is 0 Å². The van der Waals surface area contributed by atoms with E-state index >= 15 is 0 Å². The highest BCUT2D eigenvalue weighted by molar-refractivity contribution is 5.74. The highest BCUT2D eigenvalue weighted by atomic mass is 16.4. The third-order valence-electron chi connectivity index (χ3n) is 5.32.